The average Bonchev–Trinajstić information content (AvgIpc) is 2.73. The van der Waals surface area contributed by atoms with Gasteiger partial charge in [0, 0.05) is 37.9 Å². The summed E-state index contributed by atoms with van der Waals surface area (Å²) in [5, 5.41) is 0. The van der Waals surface area contributed by atoms with Gasteiger partial charge in [-0.2, -0.15) is 0 Å². The van der Waals surface area contributed by atoms with Gasteiger partial charge in [-0.1, -0.05) is 48.0 Å². The summed E-state index contributed by atoms with van der Waals surface area (Å²) in [4.78, 5) is 5.31. The molecule has 2 N–H and O–H groups in total. The number of likely N-dealkylation sites (tertiary alicyclic amines) is 1. The molecule has 0 radical (unpaired) electrons. The summed E-state index contributed by atoms with van der Waals surface area (Å²) in [6.07, 6.45) is 6.19. The number of piperidine rings is 1. The summed E-state index contributed by atoms with van der Waals surface area (Å²) in [6, 6.07) is 9.44. The highest BCUT2D eigenvalue weighted by Crippen LogP contribution is 2.28. The highest BCUT2D eigenvalue weighted by molar-refractivity contribution is 5.50. The van der Waals surface area contributed by atoms with Gasteiger partial charge in [0.1, 0.15) is 5.75 Å². The van der Waals surface area contributed by atoms with Crippen molar-refractivity contribution in [3.05, 3.63) is 24.3 Å². The lowest BCUT2D eigenvalue weighted by atomic mass is 9.98. The van der Waals surface area contributed by atoms with Crippen molar-refractivity contribution in [2.75, 3.05) is 44.2 Å². The smallest absolute Gasteiger partial charge is 0.119 e. The Labute approximate surface area is 192 Å². The molecule has 1 aromatic carbocycles. The minimum absolute atomic E-state index is 0.177. The fraction of sp³-hybridized carbons (Fsp3) is 0.778. The molecule has 0 spiro atoms. The van der Waals surface area contributed by atoms with E-state index in [1.165, 1.54) is 57.4 Å². The first-order chi connectivity index (χ1) is 14.7. The Kier molecular flexibility index (Phi) is 10.6. The van der Waals surface area contributed by atoms with E-state index in [0.29, 0.717) is 12.0 Å². The lowest BCUT2D eigenvalue weighted by molar-refractivity contribution is 0.177. The molecule has 0 amide bonds. The van der Waals surface area contributed by atoms with Gasteiger partial charge in [-0.25, -0.2) is 0 Å². The minimum atomic E-state index is 0.177. The molecule has 1 fully saturated rings. The van der Waals surface area contributed by atoms with Crippen LogP contribution in [0.25, 0.3) is 0 Å². The van der Waals surface area contributed by atoms with Crippen LogP contribution in [0, 0.1) is 17.3 Å². The Morgan fingerprint density at radius 2 is 1.74 bits per heavy atom. The van der Waals surface area contributed by atoms with Gasteiger partial charge in [0.15, 0.2) is 0 Å². The number of benzene rings is 1. The van der Waals surface area contributed by atoms with E-state index < -0.39 is 0 Å². The predicted octanol–water partition coefficient (Wildman–Crippen LogP) is 5.80. The molecule has 2 rings (SSSR count). The van der Waals surface area contributed by atoms with Crippen LogP contribution in [0.4, 0.5) is 5.69 Å². The van der Waals surface area contributed by atoms with E-state index >= 15 is 0 Å². The summed E-state index contributed by atoms with van der Waals surface area (Å²) in [5.74, 6) is 2.34. The maximum absolute atomic E-state index is 6.01. The van der Waals surface area contributed by atoms with Crippen LogP contribution in [0.2, 0.25) is 0 Å². The standard InChI is InChI=1S/C27H49N3O/c1-7-8-23(19-28)20-29-16-14-25(15-17-29)30(18-13-22(2)3)24-9-11-26(12-10-24)31-21-27(4,5)6/h9-12,22-23,25H,7-8,13-21,28H2,1-6H3/t23-/m1/s1. The molecule has 178 valence electrons. The first kappa shape index (κ1) is 26.0. The fourth-order valence-electron chi connectivity index (χ4n) is 4.42. The SMILES string of the molecule is CCC[C@H](CN)CN1CCC(N(CCC(C)C)c2ccc(OCC(C)(C)C)cc2)CC1. The largest absolute Gasteiger partial charge is 0.493 e. The van der Waals surface area contributed by atoms with Crippen LogP contribution in [0.3, 0.4) is 0 Å². The van der Waals surface area contributed by atoms with E-state index in [1.807, 2.05) is 0 Å². The molecule has 0 saturated carbocycles. The van der Waals surface area contributed by atoms with Crippen molar-refractivity contribution >= 4 is 5.69 Å². The zero-order valence-electron chi connectivity index (χ0n) is 21.2. The summed E-state index contributed by atoms with van der Waals surface area (Å²) in [7, 11) is 0. The zero-order valence-corrected chi connectivity index (χ0v) is 21.2. The molecule has 0 unspecified atom stereocenters. The summed E-state index contributed by atoms with van der Waals surface area (Å²) in [6.45, 7) is 19.8. The van der Waals surface area contributed by atoms with Gasteiger partial charge in [0.2, 0.25) is 0 Å². The molecule has 31 heavy (non-hydrogen) atoms. The highest BCUT2D eigenvalue weighted by Gasteiger charge is 2.26. The van der Waals surface area contributed by atoms with E-state index in [4.69, 9.17) is 10.5 Å². The molecule has 1 heterocycles. The molecule has 0 aliphatic carbocycles. The number of rotatable bonds is 12. The van der Waals surface area contributed by atoms with Crippen molar-refractivity contribution in [2.24, 2.45) is 23.0 Å². The van der Waals surface area contributed by atoms with E-state index in [9.17, 15) is 0 Å². The van der Waals surface area contributed by atoms with Gasteiger partial charge in [-0.3, -0.25) is 0 Å². The van der Waals surface area contributed by atoms with E-state index in [0.717, 1.165) is 31.4 Å². The van der Waals surface area contributed by atoms with Gasteiger partial charge < -0.3 is 20.3 Å². The van der Waals surface area contributed by atoms with Crippen molar-refractivity contribution < 1.29 is 4.74 Å². The molecule has 4 nitrogen and oxygen atoms in total. The van der Waals surface area contributed by atoms with Gasteiger partial charge in [0.05, 0.1) is 6.61 Å². The maximum atomic E-state index is 6.01. The number of hydrogen-bond acceptors (Lipinski definition) is 4. The molecule has 0 bridgehead atoms. The normalized spacial score (nSPS) is 17.2. The van der Waals surface area contributed by atoms with E-state index in [1.54, 1.807) is 0 Å². The molecule has 0 aromatic heterocycles. The van der Waals surface area contributed by atoms with E-state index in [-0.39, 0.29) is 5.41 Å². The second-order valence-corrected chi connectivity index (χ2v) is 11.1. The highest BCUT2D eigenvalue weighted by atomic mass is 16.5. The van der Waals surface area contributed by atoms with Gasteiger partial charge in [-0.15, -0.1) is 0 Å². The molecule has 1 saturated heterocycles. The summed E-state index contributed by atoms with van der Waals surface area (Å²) < 4.78 is 5.99. The molecule has 1 aromatic rings. The van der Waals surface area contributed by atoms with Crippen molar-refractivity contribution in [1.29, 1.82) is 0 Å². The third kappa shape index (κ3) is 9.41. The second-order valence-electron chi connectivity index (χ2n) is 11.1. The predicted molar refractivity (Wildman–Crippen MR) is 135 cm³/mol. The quantitative estimate of drug-likeness (QED) is 0.454. The lowest BCUT2D eigenvalue weighted by Gasteiger charge is -2.41. The molecule has 1 aliphatic heterocycles. The maximum Gasteiger partial charge on any atom is 0.119 e. The van der Waals surface area contributed by atoms with Gasteiger partial charge in [-0.05, 0) is 73.7 Å². The third-order valence-electron chi connectivity index (χ3n) is 6.33. The Morgan fingerprint density at radius 3 is 2.26 bits per heavy atom. The first-order valence-electron chi connectivity index (χ1n) is 12.6. The van der Waals surface area contributed by atoms with Crippen molar-refractivity contribution in [2.45, 2.75) is 79.7 Å². The third-order valence-corrected chi connectivity index (χ3v) is 6.33. The van der Waals surface area contributed by atoms with Gasteiger partial charge in [0.25, 0.3) is 0 Å². The first-order valence-corrected chi connectivity index (χ1v) is 12.6. The minimum Gasteiger partial charge on any atom is -0.493 e. The van der Waals surface area contributed by atoms with Crippen LogP contribution >= 0.6 is 0 Å². The van der Waals surface area contributed by atoms with Crippen LogP contribution in [0.1, 0.15) is 73.6 Å². The molecular formula is C27H49N3O. The van der Waals surface area contributed by atoms with E-state index in [2.05, 4.69) is 75.6 Å². The van der Waals surface area contributed by atoms with Crippen molar-refractivity contribution in [3.8, 4) is 5.75 Å². The molecule has 1 aliphatic rings. The number of anilines is 1. The average molecular weight is 432 g/mol. The van der Waals surface area contributed by atoms with Crippen molar-refractivity contribution in [3.63, 3.8) is 0 Å². The summed E-state index contributed by atoms with van der Waals surface area (Å²) >= 11 is 0. The monoisotopic (exact) mass is 431 g/mol. The van der Waals surface area contributed by atoms with Crippen LogP contribution in [0.5, 0.6) is 5.75 Å². The van der Waals surface area contributed by atoms with Crippen molar-refractivity contribution in [1.82, 2.24) is 4.90 Å². The molecular weight excluding hydrogens is 382 g/mol. The Morgan fingerprint density at radius 1 is 1.10 bits per heavy atom. The van der Waals surface area contributed by atoms with Gasteiger partial charge >= 0.3 is 0 Å². The second kappa shape index (κ2) is 12.7. The number of ether oxygens (including phenoxy) is 1. The Balaban J connectivity index is 1.99. The number of hydrogen-bond donors (Lipinski definition) is 1. The number of nitrogens with zero attached hydrogens (tertiary/aromatic N) is 2. The fourth-order valence-corrected chi connectivity index (χ4v) is 4.42. The molecule has 1 atom stereocenters. The Hall–Kier alpha value is -1.26. The van der Waals surface area contributed by atoms with Crippen LogP contribution in [-0.2, 0) is 0 Å². The van der Waals surface area contributed by atoms with Crippen LogP contribution in [0.15, 0.2) is 24.3 Å². The number of nitrogens with two attached hydrogens (primary N) is 1. The Bertz CT molecular complexity index is 600. The summed E-state index contributed by atoms with van der Waals surface area (Å²) in [5.41, 5.74) is 7.52. The molecule has 4 heteroatoms. The lowest BCUT2D eigenvalue weighted by Crippen LogP contribution is -2.47. The van der Waals surface area contributed by atoms with Crippen LogP contribution in [-0.4, -0.2) is 50.3 Å². The zero-order chi connectivity index (χ0) is 22.9. The van der Waals surface area contributed by atoms with Crippen LogP contribution < -0.4 is 15.4 Å². The topological polar surface area (TPSA) is 41.7 Å².